The SMILES string of the molecule is CC(C)(C)N1CCC1.NC1CN(C(=O)O)C1. The van der Waals surface area contributed by atoms with Crippen LogP contribution in [-0.2, 0) is 0 Å². The molecule has 2 aliphatic heterocycles. The predicted molar refractivity (Wildman–Crippen MR) is 63.5 cm³/mol. The zero-order valence-corrected chi connectivity index (χ0v) is 10.4. The molecular weight excluding hydrogens is 206 g/mol. The Labute approximate surface area is 97.2 Å². The summed E-state index contributed by atoms with van der Waals surface area (Å²) in [5.74, 6) is 0. The molecule has 0 aliphatic carbocycles. The second-order valence-electron chi connectivity index (χ2n) is 5.46. The molecule has 0 aromatic carbocycles. The maximum atomic E-state index is 10.00. The van der Waals surface area contributed by atoms with E-state index in [1.165, 1.54) is 24.4 Å². The summed E-state index contributed by atoms with van der Waals surface area (Å²) in [4.78, 5) is 13.8. The molecule has 2 saturated heterocycles. The summed E-state index contributed by atoms with van der Waals surface area (Å²) in [5, 5.41) is 8.22. The molecule has 0 aromatic rings. The molecule has 0 saturated carbocycles. The lowest BCUT2D eigenvalue weighted by atomic mass is 10.0. The highest BCUT2D eigenvalue weighted by molar-refractivity contribution is 5.66. The van der Waals surface area contributed by atoms with Gasteiger partial charge in [0, 0.05) is 24.7 Å². The van der Waals surface area contributed by atoms with Crippen LogP contribution in [0.15, 0.2) is 0 Å². The highest BCUT2D eigenvalue weighted by atomic mass is 16.4. The summed E-state index contributed by atoms with van der Waals surface area (Å²) < 4.78 is 0. The van der Waals surface area contributed by atoms with Crippen LogP contribution in [0.25, 0.3) is 0 Å². The van der Waals surface area contributed by atoms with Gasteiger partial charge in [-0.05, 0) is 40.3 Å². The lowest BCUT2D eigenvalue weighted by Crippen LogP contribution is -2.57. The largest absolute Gasteiger partial charge is 0.465 e. The van der Waals surface area contributed by atoms with E-state index in [2.05, 4.69) is 25.7 Å². The molecule has 2 fully saturated rings. The highest BCUT2D eigenvalue weighted by Gasteiger charge is 2.26. The van der Waals surface area contributed by atoms with Crippen molar-refractivity contribution in [2.45, 2.75) is 38.8 Å². The standard InChI is InChI=1S/C7H15N.C4H8N2O2/c1-7(2,3)8-5-4-6-8;5-3-1-6(2-3)4(7)8/h4-6H2,1-3H3;3H,1-2,5H2,(H,7,8). The Balaban J connectivity index is 0.000000160. The van der Waals surface area contributed by atoms with Gasteiger partial charge in [0.15, 0.2) is 0 Å². The van der Waals surface area contributed by atoms with Gasteiger partial charge >= 0.3 is 6.09 Å². The maximum Gasteiger partial charge on any atom is 0.407 e. The number of likely N-dealkylation sites (tertiary alicyclic amines) is 2. The number of amides is 1. The van der Waals surface area contributed by atoms with Crippen LogP contribution in [0.2, 0.25) is 0 Å². The third-order valence-electron chi connectivity index (χ3n) is 2.99. The van der Waals surface area contributed by atoms with Crippen molar-refractivity contribution < 1.29 is 9.90 Å². The summed E-state index contributed by atoms with van der Waals surface area (Å²) in [7, 11) is 0. The van der Waals surface area contributed by atoms with Crippen molar-refractivity contribution in [3.8, 4) is 0 Å². The van der Waals surface area contributed by atoms with Crippen LogP contribution < -0.4 is 5.73 Å². The van der Waals surface area contributed by atoms with Gasteiger partial charge in [-0.15, -0.1) is 0 Å². The van der Waals surface area contributed by atoms with E-state index in [1.54, 1.807) is 0 Å². The summed E-state index contributed by atoms with van der Waals surface area (Å²) in [6, 6.07) is 0.0751. The van der Waals surface area contributed by atoms with Crippen LogP contribution in [0.5, 0.6) is 0 Å². The van der Waals surface area contributed by atoms with Gasteiger partial charge in [-0.2, -0.15) is 0 Å². The molecule has 0 radical (unpaired) electrons. The third kappa shape index (κ3) is 3.64. The van der Waals surface area contributed by atoms with Gasteiger partial charge in [0.1, 0.15) is 0 Å². The molecule has 94 valence electrons. The molecule has 2 rings (SSSR count). The van der Waals surface area contributed by atoms with Crippen LogP contribution >= 0.6 is 0 Å². The molecule has 0 aromatic heterocycles. The van der Waals surface area contributed by atoms with E-state index < -0.39 is 6.09 Å². The number of nitrogens with zero attached hydrogens (tertiary/aromatic N) is 2. The first-order valence-electron chi connectivity index (χ1n) is 5.79. The molecule has 16 heavy (non-hydrogen) atoms. The van der Waals surface area contributed by atoms with E-state index in [9.17, 15) is 4.79 Å². The topological polar surface area (TPSA) is 69.8 Å². The van der Waals surface area contributed by atoms with Crippen molar-refractivity contribution in [1.82, 2.24) is 9.80 Å². The minimum atomic E-state index is -0.869. The molecule has 5 heteroatoms. The maximum absolute atomic E-state index is 10.00. The fraction of sp³-hybridized carbons (Fsp3) is 0.909. The van der Waals surface area contributed by atoms with Crippen molar-refractivity contribution in [3.63, 3.8) is 0 Å². The van der Waals surface area contributed by atoms with Gasteiger partial charge < -0.3 is 15.7 Å². The van der Waals surface area contributed by atoms with Gasteiger partial charge in [0.05, 0.1) is 0 Å². The number of carbonyl (C=O) groups is 1. The van der Waals surface area contributed by atoms with Gasteiger partial charge in [-0.25, -0.2) is 4.79 Å². The minimum absolute atomic E-state index is 0.0751. The highest BCUT2D eigenvalue weighted by Crippen LogP contribution is 2.19. The van der Waals surface area contributed by atoms with Crippen molar-refractivity contribution >= 4 is 6.09 Å². The van der Waals surface area contributed by atoms with E-state index >= 15 is 0 Å². The second-order valence-corrected chi connectivity index (χ2v) is 5.46. The average Bonchev–Trinajstić information content (AvgIpc) is 1.92. The average molecular weight is 229 g/mol. The third-order valence-corrected chi connectivity index (χ3v) is 2.99. The van der Waals surface area contributed by atoms with E-state index in [0.29, 0.717) is 18.6 Å². The Morgan fingerprint density at radius 2 is 1.81 bits per heavy atom. The van der Waals surface area contributed by atoms with Crippen molar-refractivity contribution in [3.05, 3.63) is 0 Å². The molecule has 2 aliphatic rings. The first-order chi connectivity index (χ1) is 7.30. The zero-order chi connectivity index (χ0) is 12.3. The summed E-state index contributed by atoms with van der Waals surface area (Å²) >= 11 is 0. The van der Waals surface area contributed by atoms with Crippen molar-refractivity contribution in [2.24, 2.45) is 5.73 Å². The van der Waals surface area contributed by atoms with Crippen LogP contribution in [-0.4, -0.2) is 58.8 Å². The predicted octanol–water partition coefficient (Wildman–Crippen LogP) is 0.798. The van der Waals surface area contributed by atoms with E-state index in [-0.39, 0.29) is 6.04 Å². The molecule has 0 unspecified atom stereocenters. The Kier molecular flexibility index (Phi) is 4.15. The van der Waals surface area contributed by atoms with E-state index in [0.717, 1.165) is 0 Å². The van der Waals surface area contributed by atoms with Crippen LogP contribution in [0.1, 0.15) is 27.2 Å². The second kappa shape index (κ2) is 5.01. The lowest BCUT2D eigenvalue weighted by Gasteiger charge is -2.42. The van der Waals surface area contributed by atoms with Gasteiger partial charge in [-0.1, -0.05) is 0 Å². The Morgan fingerprint density at radius 1 is 1.31 bits per heavy atom. The van der Waals surface area contributed by atoms with Gasteiger partial charge in [0.25, 0.3) is 0 Å². The lowest BCUT2D eigenvalue weighted by molar-refractivity contribution is 0.0690. The molecule has 0 atom stereocenters. The minimum Gasteiger partial charge on any atom is -0.465 e. The molecule has 3 N–H and O–H groups in total. The summed E-state index contributed by atoms with van der Waals surface area (Å²) in [5.41, 5.74) is 5.73. The van der Waals surface area contributed by atoms with Crippen molar-refractivity contribution in [1.29, 1.82) is 0 Å². The van der Waals surface area contributed by atoms with Crippen LogP contribution in [0.3, 0.4) is 0 Å². The fourth-order valence-electron chi connectivity index (χ4n) is 1.66. The first kappa shape index (κ1) is 13.3. The van der Waals surface area contributed by atoms with Crippen LogP contribution in [0, 0.1) is 0 Å². The molecule has 5 nitrogen and oxygen atoms in total. The normalized spacial score (nSPS) is 21.6. The fourth-order valence-corrected chi connectivity index (χ4v) is 1.66. The molecule has 0 spiro atoms. The Bertz CT molecular complexity index is 240. The number of hydrogen-bond donors (Lipinski definition) is 2. The Hall–Kier alpha value is -0.810. The number of carboxylic acid groups (broad SMARTS) is 1. The smallest absolute Gasteiger partial charge is 0.407 e. The molecule has 2 heterocycles. The first-order valence-corrected chi connectivity index (χ1v) is 5.79. The zero-order valence-electron chi connectivity index (χ0n) is 10.4. The van der Waals surface area contributed by atoms with Crippen molar-refractivity contribution in [2.75, 3.05) is 26.2 Å². The summed E-state index contributed by atoms with van der Waals surface area (Å²) in [6.45, 7) is 10.4. The molecule has 1 amide bonds. The van der Waals surface area contributed by atoms with Gasteiger partial charge in [0.2, 0.25) is 0 Å². The monoisotopic (exact) mass is 229 g/mol. The molecular formula is C11H23N3O2. The summed E-state index contributed by atoms with van der Waals surface area (Å²) in [6.07, 6.45) is 0.531. The number of rotatable bonds is 0. The van der Waals surface area contributed by atoms with E-state index in [1.807, 2.05) is 0 Å². The number of nitrogens with two attached hydrogens (primary N) is 1. The quantitative estimate of drug-likeness (QED) is 0.644. The number of hydrogen-bond acceptors (Lipinski definition) is 3. The van der Waals surface area contributed by atoms with Crippen LogP contribution in [0.4, 0.5) is 4.79 Å². The molecule has 0 bridgehead atoms. The van der Waals surface area contributed by atoms with Gasteiger partial charge in [-0.3, -0.25) is 4.90 Å². The Morgan fingerprint density at radius 3 is 1.88 bits per heavy atom. The van der Waals surface area contributed by atoms with E-state index in [4.69, 9.17) is 10.8 Å².